The number of carboxylic acids is 1. The molecule has 0 atom stereocenters. The molecular weight excluding hydrogens is 267 g/mol. The number of aliphatic carboxylic acids is 1. The molecule has 1 aromatic carbocycles. The molecule has 0 bridgehead atoms. The lowest BCUT2D eigenvalue weighted by Gasteiger charge is -2.17. The molecule has 0 unspecified atom stereocenters. The van der Waals surface area contributed by atoms with E-state index in [0.717, 1.165) is 5.56 Å². The average molecular weight is 286 g/mol. The van der Waals surface area contributed by atoms with E-state index in [2.05, 4.69) is 0 Å². The molecule has 0 heterocycles. The summed E-state index contributed by atoms with van der Waals surface area (Å²) in [6.07, 6.45) is 0.101. The van der Waals surface area contributed by atoms with E-state index in [0.29, 0.717) is 18.8 Å². The minimum absolute atomic E-state index is 0.0542. The van der Waals surface area contributed by atoms with Gasteiger partial charge in [0.05, 0.1) is 25.8 Å². The Bertz CT molecular complexity index is 462. The van der Waals surface area contributed by atoms with Gasteiger partial charge in [-0.25, -0.2) is 0 Å². The zero-order valence-corrected chi connectivity index (χ0v) is 12.1. The van der Waals surface area contributed by atoms with Gasteiger partial charge in [0.1, 0.15) is 0 Å². The molecule has 0 saturated heterocycles. The molecular formula is C13H19O5P. The third-order valence-corrected chi connectivity index (χ3v) is 4.43. The highest BCUT2D eigenvalue weighted by atomic mass is 31.2. The second kappa shape index (κ2) is 7.43. The Morgan fingerprint density at radius 1 is 1.21 bits per heavy atom. The van der Waals surface area contributed by atoms with Crippen LogP contribution in [0.3, 0.4) is 0 Å². The van der Waals surface area contributed by atoms with Gasteiger partial charge in [-0.1, -0.05) is 24.3 Å². The molecule has 106 valence electrons. The van der Waals surface area contributed by atoms with Gasteiger partial charge in [-0.3, -0.25) is 9.36 Å². The lowest BCUT2D eigenvalue weighted by atomic mass is 10.1. The van der Waals surface area contributed by atoms with Crippen molar-refractivity contribution in [1.82, 2.24) is 0 Å². The number of rotatable bonds is 8. The molecule has 0 amide bonds. The van der Waals surface area contributed by atoms with Crippen LogP contribution in [0.5, 0.6) is 0 Å². The molecule has 19 heavy (non-hydrogen) atoms. The molecule has 1 N–H and O–H groups in total. The summed E-state index contributed by atoms with van der Waals surface area (Å²) in [7, 11) is -3.14. The molecule has 1 rings (SSSR count). The van der Waals surface area contributed by atoms with E-state index in [1.807, 2.05) is 0 Å². The van der Waals surface area contributed by atoms with E-state index >= 15 is 0 Å². The molecule has 0 fully saturated rings. The quantitative estimate of drug-likeness (QED) is 0.743. The maximum atomic E-state index is 12.4. The lowest BCUT2D eigenvalue weighted by molar-refractivity contribution is -0.136. The van der Waals surface area contributed by atoms with Crippen molar-refractivity contribution in [2.24, 2.45) is 0 Å². The predicted molar refractivity (Wildman–Crippen MR) is 72.3 cm³/mol. The van der Waals surface area contributed by atoms with Crippen LogP contribution in [0.1, 0.15) is 25.0 Å². The third kappa shape index (κ3) is 5.55. The highest BCUT2D eigenvalue weighted by Gasteiger charge is 2.24. The van der Waals surface area contributed by atoms with Crippen molar-refractivity contribution in [2.75, 3.05) is 13.2 Å². The number of benzene rings is 1. The fourth-order valence-electron chi connectivity index (χ4n) is 1.76. The van der Waals surface area contributed by atoms with E-state index in [1.165, 1.54) is 0 Å². The minimum atomic E-state index is -3.14. The molecule has 1 aromatic rings. The second-order valence-electron chi connectivity index (χ2n) is 4.00. The van der Waals surface area contributed by atoms with Crippen LogP contribution in [0.4, 0.5) is 0 Å². The summed E-state index contributed by atoms with van der Waals surface area (Å²) in [5, 5.41) is 8.75. The summed E-state index contributed by atoms with van der Waals surface area (Å²) in [6, 6.07) is 6.98. The van der Waals surface area contributed by atoms with E-state index in [4.69, 9.17) is 14.2 Å². The van der Waals surface area contributed by atoms with Crippen molar-refractivity contribution in [3.05, 3.63) is 35.4 Å². The van der Waals surface area contributed by atoms with Gasteiger partial charge in [0.2, 0.25) is 0 Å². The van der Waals surface area contributed by atoms with Gasteiger partial charge in [0.25, 0.3) is 0 Å². The number of carbonyl (C=O) groups is 1. The van der Waals surface area contributed by atoms with Crippen molar-refractivity contribution in [2.45, 2.75) is 26.4 Å². The molecule has 0 aliphatic rings. The first-order valence-corrected chi connectivity index (χ1v) is 7.89. The first kappa shape index (κ1) is 15.9. The number of hydrogen-bond donors (Lipinski definition) is 1. The van der Waals surface area contributed by atoms with E-state index in [-0.39, 0.29) is 12.6 Å². The topological polar surface area (TPSA) is 72.8 Å². The lowest BCUT2D eigenvalue weighted by Crippen LogP contribution is -2.02. The van der Waals surface area contributed by atoms with Crippen LogP contribution < -0.4 is 0 Å². The smallest absolute Gasteiger partial charge is 0.335 e. The van der Waals surface area contributed by atoms with E-state index < -0.39 is 13.6 Å². The summed E-state index contributed by atoms with van der Waals surface area (Å²) in [5.41, 5.74) is 1.42. The molecule has 0 aliphatic carbocycles. The van der Waals surface area contributed by atoms with Crippen LogP contribution in [-0.4, -0.2) is 24.3 Å². The fraction of sp³-hybridized carbons (Fsp3) is 0.462. The van der Waals surface area contributed by atoms with Crippen molar-refractivity contribution in [3.63, 3.8) is 0 Å². The summed E-state index contributed by atoms with van der Waals surface area (Å²) in [6.45, 7) is 4.14. The van der Waals surface area contributed by atoms with Crippen LogP contribution in [0, 0.1) is 0 Å². The Kier molecular flexibility index (Phi) is 6.22. The fourth-order valence-corrected chi connectivity index (χ4v) is 3.45. The molecule has 0 saturated carbocycles. The van der Waals surface area contributed by atoms with Crippen LogP contribution in [0.15, 0.2) is 24.3 Å². The molecule has 0 radical (unpaired) electrons. The Hall–Kier alpha value is -1.16. The van der Waals surface area contributed by atoms with Gasteiger partial charge < -0.3 is 14.2 Å². The standard InChI is InChI=1S/C13H19O5P/c1-3-17-19(16,18-4-2)10-12-7-5-6-11(8-12)9-13(14)15/h5-8H,3-4,9-10H2,1-2H3,(H,14,15). The zero-order valence-electron chi connectivity index (χ0n) is 11.2. The average Bonchev–Trinajstić information content (AvgIpc) is 2.28. The highest BCUT2D eigenvalue weighted by Crippen LogP contribution is 2.51. The summed E-state index contributed by atoms with van der Waals surface area (Å²) >= 11 is 0. The summed E-state index contributed by atoms with van der Waals surface area (Å²) < 4.78 is 22.8. The SMILES string of the molecule is CCOP(=O)(Cc1cccc(CC(=O)O)c1)OCC. The monoisotopic (exact) mass is 286 g/mol. The van der Waals surface area contributed by atoms with Crippen LogP contribution in [-0.2, 0) is 31.0 Å². The largest absolute Gasteiger partial charge is 0.481 e. The number of hydrogen-bond acceptors (Lipinski definition) is 4. The number of carboxylic acid groups (broad SMARTS) is 1. The minimum Gasteiger partial charge on any atom is -0.481 e. The predicted octanol–water partition coefficient (Wildman–Crippen LogP) is 3.08. The maximum Gasteiger partial charge on any atom is 0.335 e. The van der Waals surface area contributed by atoms with Gasteiger partial charge >= 0.3 is 13.6 Å². The molecule has 5 nitrogen and oxygen atoms in total. The third-order valence-electron chi connectivity index (χ3n) is 2.37. The summed E-state index contributed by atoms with van der Waals surface area (Å²) in [5.74, 6) is -0.894. The Balaban J connectivity index is 2.84. The first-order valence-electron chi connectivity index (χ1n) is 6.17. The van der Waals surface area contributed by atoms with Crippen molar-refractivity contribution in [1.29, 1.82) is 0 Å². The van der Waals surface area contributed by atoms with Gasteiger partial charge in [0, 0.05) is 0 Å². The molecule has 0 aromatic heterocycles. The van der Waals surface area contributed by atoms with Crippen LogP contribution in [0.2, 0.25) is 0 Å². The molecule has 0 aliphatic heterocycles. The normalized spacial score (nSPS) is 11.5. The van der Waals surface area contributed by atoms with Crippen LogP contribution >= 0.6 is 7.60 Å². The summed E-state index contributed by atoms with van der Waals surface area (Å²) in [4.78, 5) is 10.7. The van der Waals surface area contributed by atoms with Gasteiger partial charge in [0.15, 0.2) is 0 Å². The Labute approximate surface area is 113 Å². The van der Waals surface area contributed by atoms with Gasteiger partial charge in [-0.15, -0.1) is 0 Å². The molecule has 6 heteroatoms. The molecule has 0 spiro atoms. The van der Waals surface area contributed by atoms with Gasteiger partial charge in [-0.05, 0) is 25.0 Å². The van der Waals surface area contributed by atoms with E-state index in [9.17, 15) is 9.36 Å². The Morgan fingerprint density at radius 3 is 2.32 bits per heavy atom. The van der Waals surface area contributed by atoms with Crippen LogP contribution in [0.25, 0.3) is 0 Å². The highest BCUT2D eigenvalue weighted by molar-refractivity contribution is 7.53. The first-order chi connectivity index (χ1) is 8.99. The van der Waals surface area contributed by atoms with E-state index in [1.54, 1.807) is 38.1 Å². The van der Waals surface area contributed by atoms with Crippen molar-refractivity contribution < 1.29 is 23.5 Å². The van der Waals surface area contributed by atoms with Crippen molar-refractivity contribution >= 4 is 13.6 Å². The maximum absolute atomic E-state index is 12.4. The zero-order chi connectivity index (χ0) is 14.3. The van der Waals surface area contributed by atoms with Crippen molar-refractivity contribution in [3.8, 4) is 0 Å². The van der Waals surface area contributed by atoms with Gasteiger partial charge in [-0.2, -0.15) is 0 Å². The second-order valence-corrected chi connectivity index (χ2v) is 6.05. The Morgan fingerprint density at radius 2 is 1.79 bits per heavy atom.